The molecule has 0 saturated heterocycles. The third-order valence-corrected chi connectivity index (χ3v) is 6.80. The molecule has 1 heterocycles. The topological polar surface area (TPSA) is 94.8 Å². The van der Waals surface area contributed by atoms with E-state index >= 15 is 0 Å². The highest BCUT2D eigenvalue weighted by Gasteiger charge is 2.68. The van der Waals surface area contributed by atoms with Gasteiger partial charge in [0.2, 0.25) is 0 Å². The standard InChI is InChI=1S/C26H24FNO6/c1-15-3-4-17(8-19(15)27)33-11-24(31)28-26-12-25(13-26,14-26)10-21(30)23-9-20(29)18-7-16(32-2)5-6-22(18)34-23/h3-9H,10-14H2,1-2H3,(H,28,31). The first kappa shape index (κ1) is 22.1. The Kier molecular flexibility index (Phi) is 5.19. The Labute approximate surface area is 194 Å². The molecule has 0 aliphatic heterocycles. The van der Waals surface area contributed by atoms with E-state index in [9.17, 15) is 18.8 Å². The average molecular weight is 465 g/mol. The average Bonchev–Trinajstić information content (AvgIpc) is 2.77. The quantitative estimate of drug-likeness (QED) is 0.507. The van der Waals surface area contributed by atoms with Gasteiger partial charge in [-0.15, -0.1) is 0 Å². The SMILES string of the molecule is COc1ccc2oc(C(=O)CC34CC(NC(=O)COc5ccc(C)c(F)c5)(C3)C4)cc(=O)c2c1. The molecule has 6 rings (SSSR count). The van der Waals surface area contributed by atoms with Crippen molar-refractivity contribution in [3.63, 3.8) is 0 Å². The van der Waals surface area contributed by atoms with Crippen LogP contribution in [0.25, 0.3) is 11.0 Å². The molecular formula is C26H24FNO6. The minimum absolute atomic E-state index is 0.0456. The van der Waals surface area contributed by atoms with Crippen LogP contribution in [0.1, 0.15) is 41.8 Å². The van der Waals surface area contributed by atoms with Crippen molar-refractivity contribution in [1.29, 1.82) is 0 Å². The Bertz CT molecular complexity index is 1360. The number of amides is 1. The number of benzene rings is 2. The molecule has 3 aromatic rings. The van der Waals surface area contributed by atoms with E-state index < -0.39 is 0 Å². The summed E-state index contributed by atoms with van der Waals surface area (Å²) >= 11 is 0. The Hall–Kier alpha value is -3.68. The van der Waals surface area contributed by atoms with Gasteiger partial charge in [0.15, 0.2) is 23.6 Å². The summed E-state index contributed by atoms with van der Waals surface area (Å²) in [6.07, 6.45) is 2.32. The van der Waals surface area contributed by atoms with Crippen molar-refractivity contribution >= 4 is 22.7 Å². The number of carbonyl (C=O) groups is 2. The van der Waals surface area contributed by atoms with Gasteiger partial charge in [0.25, 0.3) is 5.91 Å². The number of nitrogens with one attached hydrogen (secondary N) is 1. The maximum Gasteiger partial charge on any atom is 0.258 e. The zero-order chi connectivity index (χ0) is 24.1. The highest BCUT2D eigenvalue weighted by Crippen LogP contribution is 2.69. The number of ketones is 1. The second kappa shape index (κ2) is 7.97. The van der Waals surface area contributed by atoms with Crippen LogP contribution in [-0.2, 0) is 4.79 Å². The van der Waals surface area contributed by atoms with E-state index in [1.807, 2.05) is 0 Å². The molecule has 0 atom stereocenters. The summed E-state index contributed by atoms with van der Waals surface area (Å²) in [6.45, 7) is 1.45. The second-order valence-electron chi connectivity index (χ2n) is 9.50. The van der Waals surface area contributed by atoms with Crippen molar-refractivity contribution in [3.05, 3.63) is 69.8 Å². The Morgan fingerprint density at radius 1 is 1.09 bits per heavy atom. The molecule has 2 aromatic carbocycles. The fourth-order valence-electron chi connectivity index (χ4n) is 5.29. The van der Waals surface area contributed by atoms with Crippen LogP contribution in [0.2, 0.25) is 0 Å². The first-order valence-corrected chi connectivity index (χ1v) is 11.1. The van der Waals surface area contributed by atoms with Gasteiger partial charge in [-0.1, -0.05) is 6.07 Å². The lowest BCUT2D eigenvalue weighted by Crippen LogP contribution is -2.75. The molecule has 1 amide bonds. The monoisotopic (exact) mass is 465 g/mol. The summed E-state index contributed by atoms with van der Waals surface area (Å²) in [7, 11) is 1.51. The van der Waals surface area contributed by atoms with Crippen LogP contribution in [0, 0.1) is 18.2 Å². The highest BCUT2D eigenvalue weighted by atomic mass is 19.1. The molecule has 3 aliphatic carbocycles. The third kappa shape index (κ3) is 3.93. The summed E-state index contributed by atoms with van der Waals surface area (Å²) in [6, 6.07) is 10.6. The first-order valence-electron chi connectivity index (χ1n) is 11.1. The van der Waals surface area contributed by atoms with E-state index in [4.69, 9.17) is 13.9 Å². The van der Waals surface area contributed by atoms with Gasteiger partial charge in [-0.25, -0.2) is 4.39 Å². The normalized spacial score (nSPS) is 22.4. The molecule has 3 saturated carbocycles. The molecule has 8 heteroatoms. The minimum atomic E-state index is -0.383. The summed E-state index contributed by atoms with van der Waals surface area (Å²) in [4.78, 5) is 37.6. The number of carbonyl (C=O) groups excluding carboxylic acids is 2. The number of hydrogen-bond donors (Lipinski definition) is 1. The number of hydrogen-bond acceptors (Lipinski definition) is 6. The van der Waals surface area contributed by atoms with Crippen LogP contribution >= 0.6 is 0 Å². The number of ether oxygens (including phenoxy) is 2. The van der Waals surface area contributed by atoms with Gasteiger partial charge in [-0.2, -0.15) is 0 Å². The van der Waals surface area contributed by atoms with Crippen LogP contribution in [-0.4, -0.2) is 30.9 Å². The van der Waals surface area contributed by atoms with Crippen molar-refractivity contribution in [1.82, 2.24) is 5.32 Å². The molecule has 1 N–H and O–H groups in total. The highest BCUT2D eigenvalue weighted by molar-refractivity contribution is 5.95. The summed E-state index contributed by atoms with van der Waals surface area (Å²) in [5.41, 5.74) is 0.0529. The van der Waals surface area contributed by atoms with E-state index in [1.165, 1.54) is 19.2 Å². The van der Waals surface area contributed by atoms with Gasteiger partial charge >= 0.3 is 0 Å². The molecule has 34 heavy (non-hydrogen) atoms. The number of fused-ring (bicyclic) bond motifs is 1. The van der Waals surface area contributed by atoms with Crippen LogP contribution in [0.5, 0.6) is 11.5 Å². The number of aryl methyl sites for hydroxylation is 1. The molecule has 176 valence electrons. The molecular weight excluding hydrogens is 441 g/mol. The van der Waals surface area contributed by atoms with E-state index in [2.05, 4.69) is 5.32 Å². The number of methoxy groups -OCH3 is 1. The van der Waals surface area contributed by atoms with Crippen molar-refractivity contribution in [2.24, 2.45) is 5.41 Å². The third-order valence-electron chi connectivity index (χ3n) is 6.80. The van der Waals surface area contributed by atoms with Crippen molar-refractivity contribution in [3.8, 4) is 11.5 Å². The lowest BCUT2D eigenvalue weighted by atomic mass is 9.38. The smallest absolute Gasteiger partial charge is 0.258 e. The number of Topliss-reactive ketones (excluding diaryl/α,β-unsaturated/α-hetero) is 1. The van der Waals surface area contributed by atoms with E-state index in [1.54, 1.807) is 37.3 Å². The van der Waals surface area contributed by atoms with Crippen LogP contribution in [0.15, 0.2) is 51.7 Å². The number of rotatable bonds is 8. The fraction of sp³-hybridized carbons (Fsp3) is 0.346. The van der Waals surface area contributed by atoms with Gasteiger partial charge in [0.1, 0.15) is 22.9 Å². The molecule has 0 radical (unpaired) electrons. The maximum atomic E-state index is 13.6. The number of halogens is 1. The summed E-state index contributed by atoms with van der Waals surface area (Å²) in [5.74, 6) is -0.00406. The van der Waals surface area contributed by atoms with Gasteiger partial charge in [-0.05, 0) is 61.4 Å². The van der Waals surface area contributed by atoms with Crippen LogP contribution < -0.4 is 20.2 Å². The van der Waals surface area contributed by atoms with Crippen molar-refractivity contribution in [2.75, 3.05) is 13.7 Å². The largest absolute Gasteiger partial charge is 0.497 e. The van der Waals surface area contributed by atoms with Crippen LogP contribution in [0.3, 0.4) is 0 Å². The fourth-order valence-corrected chi connectivity index (χ4v) is 5.29. The lowest BCUT2D eigenvalue weighted by molar-refractivity contribution is -0.164. The van der Waals surface area contributed by atoms with Gasteiger partial charge in [0, 0.05) is 24.1 Å². The Balaban J connectivity index is 1.15. The maximum absolute atomic E-state index is 13.6. The minimum Gasteiger partial charge on any atom is -0.497 e. The Morgan fingerprint density at radius 2 is 1.82 bits per heavy atom. The van der Waals surface area contributed by atoms with Gasteiger partial charge in [0.05, 0.1) is 12.5 Å². The zero-order valence-corrected chi connectivity index (χ0v) is 18.9. The van der Waals surface area contributed by atoms with E-state index in [-0.39, 0.29) is 52.7 Å². The predicted molar refractivity (Wildman–Crippen MR) is 122 cm³/mol. The molecule has 3 fully saturated rings. The van der Waals surface area contributed by atoms with E-state index in [0.717, 1.165) is 0 Å². The van der Waals surface area contributed by atoms with Crippen molar-refractivity contribution < 1.29 is 27.9 Å². The van der Waals surface area contributed by atoms with Crippen LogP contribution in [0.4, 0.5) is 4.39 Å². The molecule has 2 bridgehead atoms. The molecule has 0 spiro atoms. The Morgan fingerprint density at radius 3 is 2.53 bits per heavy atom. The first-order chi connectivity index (χ1) is 16.2. The molecule has 1 aromatic heterocycles. The van der Waals surface area contributed by atoms with Gasteiger partial charge < -0.3 is 19.2 Å². The lowest BCUT2D eigenvalue weighted by Gasteiger charge is -2.70. The van der Waals surface area contributed by atoms with E-state index in [0.29, 0.717) is 47.3 Å². The zero-order valence-electron chi connectivity index (χ0n) is 18.9. The molecule has 0 unspecified atom stereocenters. The summed E-state index contributed by atoms with van der Waals surface area (Å²) in [5, 5.41) is 3.34. The molecule has 3 aliphatic rings. The summed E-state index contributed by atoms with van der Waals surface area (Å²) < 4.78 is 29.8. The van der Waals surface area contributed by atoms with Crippen molar-refractivity contribution in [2.45, 2.75) is 38.1 Å². The second-order valence-corrected chi connectivity index (χ2v) is 9.50. The van der Waals surface area contributed by atoms with Gasteiger partial charge in [-0.3, -0.25) is 14.4 Å². The molecule has 7 nitrogen and oxygen atoms in total. The predicted octanol–water partition coefficient (Wildman–Crippen LogP) is 3.94.